The van der Waals surface area contributed by atoms with E-state index < -0.39 is 0 Å². The summed E-state index contributed by atoms with van der Waals surface area (Å²) in [6.07, 6.45) is 2.97. The Labute approximate surface area is 89.5 Å². The van der Waals surface area contributed by atoms with Crippen molar-refractivity contribution in [2.24, 2.45) is 5.84 Å². The molecule has 0 amide bonds. The lowest BCUT2D eigenvalue weighted by Crippen LogP contribution is -2.07. The van der Waals surface area contributed by atoms with Gasteiger partial charge < -0.3 is 5.43 Å². The van der Waals surface area contributed by atoms with Gasteiger partial charge >= 0.3 is 0 Å². The summed E-state index contributed by atoms with van der Waals surface area (Å²) < 4.78 is 0. The molecule has 0 aliphatic rings. The Hall–Kier alpha value is -0.740. The standard InChI is InChI=1S/C10H17N3S/c1-3-8(2)14-7-10-6-9(13-11)4-5-12-10/h4-6,8H,3,7,11H2,1-2H3,(H,12,13). The van der Waals surface area contributed by atoms with Crippen molar-refractivity contribution >= 4 is 17.4 Å². The van der Waals surface area contributed by atoms with Gasteiger partial charge in [-0.25, -0.2) is 0 Å². The normalized spacial score (nSPS) is 12.5. The van der Waals surface area contributed by atoms with Crippen LogP contribution in [0.4, 0.5) is 5.69 Å². The molecular weight excluding hydrogens is 194 g/mol. The van der Waals surface area contributed by atoms with Crippen molar-refractivity contribution in [2.75, 3.05) is 5.43 Å². The molecule has 0 fully saturated rings. The molecule has 0 radical (unpaired) electrons. The molecule has 0 aliphatic carbocycles. The van der Waals surface area contributed by atoms with E-state index in [0.29, 0.717) is 5.25 Å². The number of hydrogen-bond acceptors (Lipinski definition) is 4. The van der Waals surface area contributed by atoms with Crippen LogP contribution in [0, 0.1) is 0 Å². The van der Waals surface area contributed by atoms with E-state index in [-0.39, 0.29) is 0 Å². The number of pyridine rings is 1. The average Bonchev–Trinajstić information content (AvgIpc) is 2.26. The number of nitrogens with one attached hydrogen (secondary N) is 1. The van der Waals surface area contributed by atoms with E-state index in [2.05, 4.69) is 24.3 Å². The highest BCUT2D eigenvalue weighted by atomic mass is 32.2. The molecule has 3 N–H and O–H groups in total. The molecule has 0 aromatic carbocycles. The molecule has 1 unspecified atom stereocenters. The second kappa shape index (κ2) is 5.88. The predicted octanol–water partition coefficient (Wildman–Crippen LogP) is 2.40. The van der Waals surface area contributed by atoms with E-state index in [0.717, 1.165) is 17.1 Å². The van der Waals surface area contributed by atoms with Gasteiger partial charge in [0.1, 0.15) is 0 Å². The molecule has 1 heterocycles. The molecule has 0 saturated carbocycles. The van der Waals surface area contributed by atoms with Crippen LogP contribution in [0.1, 0.15) is 26.0 Å². The molecule has 0 bridgehead atoms. The van der Waals surface area contributed by atoms with Crippen LogP contribution in [0.5, 0.6) is 0 Å². The summed E-state index contributed by atoms with van der Waals surface area (Å²) in [5.74, 6) is 6.27. The van der Waals surface area contributed by atoms with Gasteiger partial charge in [0.2, 0.25) is 0 Å². The Morgan fingerprint density at radius 3 is 3.07 bits per heavy atom. The zero-order valence-corrected chi connectivity index (χ0v) is 9.47. The van der Waals surface area contributed by atoms with E-state index in [1.807, 2.05) is 23.9 Å². The number of anilines is 1. The zero-order valence-electron chi connectivity index (χ0n) is 8.66. The van der Waals surface area contributed by atoms with Gasteiger partial charge in [-0.3, -0.25) is 10.8 Å². The highest BCUT2D eigenvalue weighted by Gasteiger charge is 2.01. The second-order valence-electron chi connectivity index (χ2n) is 3.21. The lowest BCUT2D eigenvalue weighted by atomic mass is 10.3. The lowest BCUT2D eigenvalue weighted by molar-refractivity contribution is 0.904. The van der Waals surface area contributed by atoms with Gasteiger partial charge in [-0.05, 0) is 18.6 Å². The summed E-state index contributed by atoms with van der Waals surface area (Å²) in [7, 11) is 0. The van der Waals surface area contributed by atoms with Crippen LogP contribution in [-0.4, -0.2) is 10.2 Å². The van der Waals surface area contributed by atoms with Gasteiger partial charge in [-0.15, -0.1) is 0 Å². The molecule has 4 heteroatoms. The van der Waals surface area contributed by atoms with E-state index in [1.54, 1.807) is 6.20 Å². The maximum Gasteiger partial charge on any atom is 0.0523 e. The smallest absolute Gasteiger partial charge is 0.0523 e. The van der Waals surface area contributed by atoms with Crippen molar-refractivity contribution in [3.63, 3.8) is 0 Å². The van der Waals surface area contributed by atoms with Crippen molar-refractivity contribution in [3.8, 4) is 0 Å². The molecule has 0 aliphatic heterocycles. The van der Waals surface area contributed by atoms with Gasteiger partial charge in [0.25, 0.3) is 0 Å². The summed E-state index contributed by atoms with van der Waals surface area (Å²) in [6, 6.07) is 3.84. The molecule has 1 rings (SSSR count). The van der Waals surface area contributed by atoms with Gasteiger partial charge in [-0.2, -0.15) is 11.8 Å². The van der Waals surface area contributed by atoms with Gasteiger partial charge in [0.05, 0.1) is 11.4 Å². The number of nitrogen functional groups attached to an aromatic ring is 1. The lowest BCUT2D eigenvalue weighted by Gasteiger charge is -2.08. The van der Waals surface area contributed by atoms with Crippen molar-refractivity contribution in [1.82, 2.24) is 4.98 Å². The first-order valence-electron chi connectivity index (χ1n) is 4.79. The fraction of sp³-hybridized carbons (Fsp3) is 0.500. The quantitative estimate of drug-likeness (QED) is 0.580. The summed E-state index contributed by atoms with van der Waals surface area (Å²) in [5, 5.41) is 0.686. The Bertz CT molecular complexity index is 278. The molecular formula is C10H17N3S. The van der Waals surface area contributed by atoms with Crippen molar-refractivity contribution in [2.45, 2.75) is 31.3 Å². The van der Waals surface area contributed by atoms with Crippen LogP contribution in [0.2, 0.25) is 0 Å². The third kappa shape index (κ3) is 3.55. The first-order valence-corrected chi connectivity index (χ1v) is 5.84. The van der Waals surface area contributed by atoms with Gasteiger partial charge in [-0.1, -0.05) is 13.8 Å². The van der Waals surface area contributed by atoms with E-state index >= 15 is 0 Å². The molecule has 1 atom stereocenters. The van der Waals surface area contributed by atoms with E-state index in [4.69, 9.17) is 5.84 Å². The summed E-state index contributed by atoms with van der Waals surface area (Å²) in [6.45, 7) is 4.43. The Kier molecular flexibility index (Phi) is 4.76. The first kappa shape index (κ1) is 11.3. The number of thioether (sulfide) groups is 1. The number of rotatable bonds is 5. The highest BCUT2D eigenvalue weighted by Crippen LogP contribution is 2.19. The van der Waals surface area contributed by atoms with Crippen LogP contribution in [0.3, 0.4) is 0 Å². The number of nitrogens with zero attached hydrogens (tertiary/aromatic N) is 1. The Morgan fingerprint density at radius 2 is 2.43 bits per heavy atom. The number of aromatic nitrogens is 1. The zero-order chi connectivity index (χ0) is 10.4. The van der Waals surface area contributed by atoms with Gasteiger partial charge in [0.15, 0.2) is 0 Å². The molecule has 14 heavy (non-hydrogen) atoms. The van der Waals surface area contributed by atoms with Gasteiger partial charge in [0, 0.05) is 17.2 Å². The highest BCUT2D eigenvalue weighted by molar-refractivity contribution is 7.99. The fourth-order valence-electron chi connectivity index (χ4n) is 0.992. The number of hydrogen-bond donors (Lipinski definition) is 2. The molecule has 1 aromatic heterocycles. The van der Waals surface area contributed by atoms with E-state index in [9.17, 15) is 0 Å². The maximum absolute atomic E-state index is 5.32. The van der Waals surface area contributed by atoms with Crippen LogP contribution in [0.15, 0.2) is 18.3 Å². The Balaban J connectivity index is 2.50. The largest absolute Gasteiger partial charge is 0.324 e. The summed E-state index contributed by atoms with van der Waals surface area (Å²) in [5.41, 5.74) is 4.61. The predicted molar refractivity (Wildman–Crippen MR) is 63.1 cm³/mol. The van der Waals surface area contributed by atoms with Crippen molar-refractivity contribution < 1.29 is 0 Å². The summed E-state index contributed by atoms with van der Waals surface area (Å²) >= 11 is 1.92. The van der Waals surface area contributed by atoms with E-state index in [1.165, 1.54) is 6.42 Å². The monoisotopic (exact) mass is 211 g/mol. The summed E-state index contributed by atoms with van der Waals surface area (Å²) in [4.78, 5) is 4.28. The van der Waals surface area contributed by atoms with Crippen LogP contribution >= 0.6 is 11.8 Å². The molecule has 0 saturated heterocycles. The van der Waals surface area contributed by atoms with Crippen molar-refractivity contribution in [3.05, 3.63) is 24.0 Å². The van der Waals surface area contributed by atoms with Crippen LogP contribution in [-0.2, 0) is 5.75 Å². The molecule has 78 valence electrons. The van der Waals surface area contributed by atoms with Crippen LogP contribution in [0.25, 0.3) is 0 Å². The minimum absolute atomic E-state index is 0.686. The molecule has 0 spiro atoms. The maximum atomic E-state index is 5.32. The van der Waals surface area contributed by atoms with Crippen LogP contribution < -0.4 is 11.3 Å². The minimum atomic E-state index is 0.686. The molecule has 3 nitrogen and oxygen atoms in total. The fourth-order valence-corrected chi connectivity index (χ4v) is 1.84. The SMILES string of the molecule is CCC(C)SCc1cc(NN)ccn1. The topological polar surface area (TPSA) is 50.9 Å². The third-order valence-electron chi connectivity index (χ3n) is 2.07. The number of nitrogens with two attached hydrogens (primary N) is 1. The Morgan fingerprint density at radius 1 is 1.64 bits per heavy atom. The average molecular weight is 211 g/mol. The first-order chi connectivity index (χ1) is 6.76. The molecule has 1 aromatic rings. The third-order valence-corrected chi connectivity index (χ3v) is 3.44. The van der Waals surface area contributed by atoms with Crippen molar-refractivity contribution in [1.29, 1.82) is 0 Å². The second-order valence-corrected chi connectivity index (χ2v) is 4.64. The number of hydrazine groups is 1. The minimum Gasteiger partial charge on any atom is -0.324 e.